The summed E-state index contributed by atoms with van der Waals surface area (Å²) in [6.45, 7) is 3.65. The van der Waals surface area contributed by atoms with Crippen LogP contribution in [0.5, 0.6) is 0 Å². The predicted octanol–water partition coefficient (Wildman–Crippen LogP) is 3.22. The van der Waals surface area contributed by atoms with E-state index in [1.54, 1.807) is 31.3 Å². The van der Waals surface area contributed by atoms with Gasteiger partial charge in [-0.25, -0.2) is 13.4 Å². The van der Waals surface area contributed by atoms with Crippen molar-refractivity contribution in [1.82, 2.24) is 14.9 Å². The van der Waals surface area contributed by atoms with Crippen molar-refractivity contribution in [2.24, 2.45) is 0 Å². The molecule has 1 heterocycles. The summed E-state index contributed by atoms with van der Waals surface area (Å²) >= 11 is 6.02. The van der Waals surface area contributed by atoms with Gasteiger partial charge in [0, 0.05) is 29.6 Å². The number of benzene rings is 2. The molecule has 3 aromatic rings. The first-order chi connectivity index (χ1) is 14.1. The van der Waals surface area contributed by atoms with E-state index in [9.17, 15) is 13.2 Å². The third kappa shape index (κ3) is 5.20. The molecule has 0 aliphatic carbocycles. The molecule has 7 nitrogen and oxygen atoms in total. The molecule has 1 aromatic heterocycles. The van der Waals surface area contributed by atoms with Crippen LogP contribution in [-0.2, 0) is 21.4 Å². The number of sulfonamides is 1. The molecule has 0 saturated heterocycles. The second-order valence-electron chi connectivity index (χ2n) is 6.99. The minimum absolute atomic E-state index is 0.286. The van der Waals surface area contributed by atoms with Crippen LogP contribution in [0.1, 0.15) is 17.0 Å². The van der Waals surface area contributed by atoms with Crippen molar-refractivity contribution in [3.05, 3.63) is 76.8 Å². The highest BCUT2D eigenvalue weighted by Gasteiger charge is 2.22. The maximum Gasteiger partial charge on any atom is 0.241 e. The number of carbonyl (C=O) groups excluding carboxylic acids is 1. The van der Waals surface area contributed by atoms with Gasteiger partial charge in [-0.3, -0.25) is 9.10 Å². The molecule has 0 saturated carbocycles. The van der Waals surface area contributed by atoms with E-state index in [2.05, 4.69) is 10.3 Å². The quantitative estimate of drug-likeness (QED) is 0.603. The molecule has 0 aliphatic heterocycles. The van der Waals surface area contributed by atoms with Gasteiger partial charge >= 0.3 is 0 Å². The lowest BCUT2D eigenvalue weighted by Gasteiger charge is -2.23. The summed E-state index contributed by atoms with van der Waals surface area (Å²) in [5, 5.41) is 3.17. The molecule has 1 N–H and O–H groups in total. The van der Waals surface area contributed by atoms with Crippen LogP contribution in [0.15, 0.2) is 54.9 Å². The average molecular weight is 447 g/mol. The number of nitrogens with zero attached hydrogens (tertiary/aromatic N) is 3. The lowest BCUT2D eigenvalue weighted by atomic mass is 10.2. The Morgan fingerprint density at radius 3 is 2.47 bits per heavy atom. The SMILES string of the molecule is Cc1ccc(Cl)cc1N(CC(=O)NCc1ccc(-n2ccnc2C)cc1)S(C)(=O)=O. The summed E-state index contributed by atoms with van der Waals surface area (Å²) in [5.74, 6) is 0.475. The highest BCUT2D eigenvalue weighted by molar-refractivity contribution is 7.92. The Bertz CT molecular complexity index is 1160. The van der Waals surface area contributed by atoms with E-state index < -0.39 is 15.9 Å². The number of carbonyl (C=O) groups is 1. The van der Waals surface area contributed by atoms with Crippen molar-refractivity contribution in [2.45, 2.75) is 20.4 Å². The minimum atomic E-state index is -3.66. The third-order valence-corrected chi connectivity index (χ3v) is 6.02. The molecule has 158 valence electrons. The van der Waals surface area contributed by atoms with Crippen LogP contribution in [0.2, 0.25) is 5.02 Å². The third-order valence-electron chi connectivity index (χ3n) is 4.66. The monoisotopic (exact) mass is 446 g/mol. The van der Waals surface area contributed by atoms with E-state index in [4.69, 9.17) is 11.6 Å². The normalized spacial score (nSPS) is 11.3. The fourth-order valence-corrected chi connectivity index (χ4v) is 4.12. The zero-order valence-corrected chi connectivity index (χ0v) is 18.5. The van der Waals surface area contributed by atoms with Crippen molar-refractivity contribution < 1.29 is 13.2 Å². The molecule has 2 aromatic carbocycles. The average Bonchev–Trinajstić information content (AvgIpc) is 3.12. The number of nitrogens with one attached hydrogen (secondary N) is 1. The van der Waals surface area contributed by atoms with Crippen molar-refractivity contribution in [3.8, 4) is 5.69 Å². The van der Waals surface area contributed by atoms with E-state index >= 15 is 0 Å². The number of amides is 1. The molecule has 1 amide bonds. The zero-order valence-electron chi connectivity index (χ0n) is 17.0. The smallest absolute Gasteiger partial charge is 0.241 e. The molecule has 0 atom stereocenters. The first-order valence-electron chi connectivity index (χ1n) is 9.25. The van der Waals surface area contributed by atoms with E-state index in [1.165, 1.54) is 0 Å². The number of rotatable bonds is 7. The van der Waals surface area contributed by atoms with Crippen LogP contribution in [0, 0.1) is 13.8 Å². The van der Waals surface area contributed by atoms with Gasteiger partial charge in [-0.05, 0) is 49.2 Å². The number of aryl methyl sites for hydroxylation is 2. The highest BCUT2D eigenvalue weighted by atomic mass is 35.5. The largest absolute Gasteiger partial charge is 0.350 e. The molecule has 0 radical (unpaired) electrons. The van der Waals surface area contributed by atoms with Gasteiger partial charge in [-0.1, -0.05) is 29.8 Å². The number of imidazole rings is 1. The van der Waals surface area contributed by atoms with Crippen LogP contribution >= 0.6 is 11.6 Å². The molecule has 0 unspecified atom stereocenters. The van der Waals surface area contributed by atoms with Crippen LogP contribution in [-0.4, -0.2) is 36.7 Å². The molecule has 0 bridgehead atoms. The van der Waals surface area contributed by atoms with Crippen LogP contribution in [0.3, 0.4) is 0 Å². The lowest BCUT2D eigenvalue weighted by molar-refractivity contribution is -0.119. The highest BCUT2D eigenvalue weighted by Crippen LogP contribution is 2.26. The fraction of sp³-hybridized carbons (Fsp3) is 0.238. The maximum atomic E-state index is 12.5. The van der Waals surface area contributed by atoms with Crippen molar-refractivity contribution in [2.75, 3.05) is 17.1 Å². The Balaban J connectivity index is 1.68. The standard InChI is InChI=1S/C21H23ClN4O3S/c1-15-4-7-18(22)12-20(15)26(30(3,28)29)14-21(27)24-13-17-5-8-19(9-6-17)25-11-10-23-16(25)2/h4-12H,13-14H2,1-3H3,(H,24,27). The first-order valence-corrected chi connectivity index (χ1v) is 11.5. The summed E-state index contributed by atoms with van der Waals surface area (Å²) in [6.07, 6.45) is 4.68. The second kappa shape index (κ2) is 8.89. The van der Waals surface area contributed by atoms with Gasteiger partial charge in [0.2, 0.25) is 15.9 Å². The number of anilines is 1. The summed E-state index contributed by atoms with van der Waals surface area (Å²) in [5.41, 5.74) is 2.97. The zero-order chi connectivity index (χ0) is 21.9. The van der Waals surface area contributed by atoms with Gasteiger partial charge in [0.05, 0.1) is 11.9 Å². The molecule has 0 fully saturated rings. The van der Waals surface area contributed by atoms with Gasteiger partial charge in [0.1, 0.15) is 12.4 Å². The van der Waals surface area contributed by atoms with E-state index in [0.717, 1.165) is 27.6 Å². The second-order valence-corrected chi connectivity index (χ2v) is 9.33. The van der Waals surface area contributed by atoms with Crippen LogP contribution < -0.4 is 9.62 Å². The lowest BCUT2D eigenvalue weighted by Crippen LogP contribution is -2.40. The summed E-state index contributed by atoms with van der Waals surface area (Å²) in [7, 11) is -3.66. The van der Waals surface area contributed by atoms with Crippen molar-refractivity contribution in [1.29, 1.82) is 0 Å². The van der Waals surface area contributed by atoms with Gasteiger partial charge in [-0.2, -0.15) is 0 Å². The fourth-order valence-electron chi connectivity index (χ4n) is 3.04. The number of aromatic nitrogens is 2. The molecule has 0 spiro atoms. The number of halogens is 1. The van der Waals surface area contributed by atoms with Gasteiger partial charge in [0.25, 0.3) is 0 Å². The van der Waals surface area contributed by atoms with Gasteiger partial charge in [-0.15, -0.1) is 0 Å². The van der Waals surface area contributed by atoms with Crippen molar-refractivity contribution >= 4 is 33.2 Å². The number of hydrogen-bond acceptors (Lipinski definition) is 4. The minimum Gasteiger partial charge on any atom is -0.350 e. The van der Waals surface area contributed by atoms with E-state index in [-0.39, 0.29) is 13.1 Å². The Kier molecular flexibility index (Phi) is 6.48. The van der Waals surface area contributed by atoms with Crippen LogP contribution in [0.25, 0.3) is 5.69 Å². The molecule has 3 rings (SSSR count). The molecular formula is C21H23ClN4O3S. The Morgan fingerprint density at radius 1 is 1.17 bits per heavy atom. The molecule has 0 aliphatic rings. The molecule has 9 heteroatoms. The summed E-state index contributed by atoms with van der Waals surface area (Å²) in [6, 6.07) is 12.6. The summed E-state index contributed by atoms with van der Waals surface area (Å²) in [4.78, 5) is 16.7. The van der Waals surface area contributed by atoms with E-state index in [0.29, 0.717) is 16.3 Å². The topological polar surface area (TPSA) is 84.3 Å². The maximum absolute atomic E-state index is 12.5. The van der Waals surface area contributed by atoms with Crippen LogP contribution in [0.4, 0.5) is 5.69 Å². The Morgan fingerprint density at radius 2 is 1.87 bits per heavy atom. The van der Waals surface area contributed by atoms with Gasteiger partial charge < -0.3 is 9.88 Å². The van der Waals surface area contributed by atoms with Crippen molar-refractivity contribution in [3.63, 3.8) is 0 Å². The molecular weight excluding hydrogens is 424 g/mol. The Hall–Kier alpha value is -2.84. The first kappa shape index (κ1) is 21.9. The summed E-state index contributed by atoms with van der Waals surface area (Å²) < 4.78 is 27.6. The molecule has 30 heavy (non-hydrogen) atoms. The van der Waals surface area contributed by atoms with Gasteiger partial charge in [0.15, 0.2) is 0 Å². The van der Waals surface area contributed by atoms with E-state index in [1.807, 2.05) is 42.0 Å². The Labute approximate surface area is 181 Å². The number of hydrogen-bond donors (Lipinski definition) is 1. The predicted molar refractivity (Wildman–Crippen MR) is 119 cm³/mol.